The first-order valence-electron chi connectivity index (χ1n) is 6.77. The van der Waals surface area contributed by atoms with Crippen molar-refractivity contribution in [3.63, 3.8) is 0 Å². The highest BCUT2D eigenvalue weighted by Crippen LogP contribution is 2.38. The zero-order valence-electron chi connectivity index (χ0n) is 12.2. The Morgan fingerprint density at radius 3 is 2.45 bits per heavy atom. The summed E-state index contributed by atoms with van der Waals surface area (Å²) in [5.41, 5.74) is 1.12. The fourth-order valence-corrected chi connectivity index (χ4v) is 3.03. The van der Waals surface area contributed by atoms with Gasteiger partial charge in [-0.3, -0.25) is 0 Å². The lowest BCUT2D eigenvalue weighted by Crippen LogP contribution is -2.56. The third-order valence-electron chi connectivity index (χ3n) is 4.37. The molecule has 0 amide bonds. The van der Waals surface area contributed by atoms with Crippen LogP contribution in [0.15, 0.2) is 18.2 Å². The normalized spacial score (nSPS) is 16.9. The van der Waals surface area contributed by atoms with E-state index >= 15 is 0 Å². The van der Waals surface area contributed by atoms with E-state index in [0.29, 0.717) is 16.3 Å². The van der Waals surface area contributed by atoms with Gasteiger partial charge in [-0.05, 0) is 51.6 Å². The molecule has 110 valence electrons. The van der Waals surface area contributed by atoms with Crippen LogP contribution < -0.4 is 4.90 Å². The van der Waals surface area contributed by atoms with Gasteiger partial charge in [-0.25, -0.2) is 4.79 Å². The number of halogens is 1. The number of carbonyl (C=O) groups is 1. The van der Waals surface area contributed by atoms with E-state index in [-0.39, 0.29) is 5.54 Å². The molecule has 1 aliphatic rings. The van der Waals surface area contributed by atoms with E-state index < -0.39 is 5.97 Å². The average molecular weight is 297 g/mol. The summed E-state index contributed by atoms with van der Waals surface area (Å²) in [5, 5.41) is 9.86. The second-order valence-electron chi connectivity index (χ2n) is 5.80. The number of likely N-dealkylation sites (N-methyl/N-ethyl adjacent to an activating group) is 2. The number of benzene rings is 1. The fourth-order valence-electron chi connectivity index (χ4n) is 2.86. The predicted octanol–water partition coefficient (Wildman–Crippen LogP) is 2.96. The zero-order valence-corrected chi connectivity index (χ0v) is 12.9. The number of hydrogen-bond donors (Lipinski definition) is 1. The molecule has 0 saturated heterocycles. The van der Waals surface area contributed by atoms with Gasteiger partial charge < -0.3 is 14.9 Å². The van der Waals surface area contributed by atoms with Crippen molar-refractivity contribution in [2.75, 3.05) is 32.6 Å². The summed E-state index contributed by atoms with van der Waals surface area (Å²) in [5.74, 6) is -0.920. The van der Waals surface area contributed by atoms with Crippen LogP contribution >= 0.6 is 11.6 Å². The number of nitrogens with zero attached hydrogens (tertiary/aromatic N) is 2. The highest BCUT2D eigenvalue weighted by atomic mass is 35.5. The molecule has 1 aromatic rings. The number of anilines is 1. The highest BCUT2D eigenvalue weighted by Gasteiger charge is 2.40. The van der Waals surface area contributed by atoms with Crippen LogP contribution in [0.4, 0.5) is 5.69 Å². The minimum atomic E-state index is -0.920. The quantitative estimate of drug-likeness (QED) is 0.907. The first-order valence-corrected chi connectivity index (χ1v) is 7.15. The Labute approximate surface area is 124 Å². The summed E-state index contributed by atoms with van der Waals surface area (Å²) in [4.78, 5) is 15.6. The number of carboxylic acids is 1. The molecule has 0 heterocycles. The average Bonchev–Trinajstić information content (AvgIpc) is 2.32. The summed E-state index contributed by atoms with van der Waals surface area (Å²) in [6, 6.07) is 4.92. The van der Waals surface area contributed by atoms with Gasteiger partial charge in [0.05, 0.1) is 11.3 Å². The van der Waals surface area contributed by atoms with Crippen LogP contribution in [0.2, 0.25) is 5.02 Å². The molecule has 0 unspecified atom stereocenters. The van der Waals surface area contributed by atoms with Crippen LogP contribution in [0.1, 0.15) is 29.6 Å². The number of rotatable bonds is 5. The van der Waals surface area contributed by atoms with E-state index in [1.807, 2.05) is 11.9 Å². The molecule has 0 atom stereocenters. The van der Waals surface area contributed by atoms with Gasteiger partial charge >= 0.3 is 5.97 Å². The molecule has 5 heteroatoms. The van der Waals surface area contributed by atoms with Gasteiger partial charge in [-0.2, -0.15) is 0 Å². The van der Waals surface area contributed by atoms with Gasteiger partial charge in [0.25, 0.3) is 0 Å². The van der Waals surface area contributed by atoms with Gasteiger partial charge in [-0.1, -0.05) is 11.6 Å². The van der Waals surface area contributed by atoms with Gasteiger partial charge in [0, 0.05) is 24.2 Å². The van der Waals surface area contributed by atoms with Crippen LogP contribution in [0.3, 0.4) is 0 Å². The fraction of sp³-hybridized carbons (Fsp3) is 0.533. The molecule has 0 radical (unpaired) electrons. The molecule has 0 spiro atoms. The largest absolute Gasteiger partial charge is 0.478 e. The van der Waals surface area contributed by atoms with Crippen molar-refractivity contribution in [1.29, 1.82) is 0 Å². The van der Waals surface area contributed by atoms with Crippen LogP contribution in [0.25, 0.3) is 0 Å². The molecule has 20 heavy (non-hydrogen) atoms. The summed E-state index contributed by atoms with van der Waals surface area (Å²) in [6.45, 7) is 0.806. The molecule has 1 saturated carbocycles. The van der Waals surface area contributed by atoms with Gasteiger partial charge in [0.2, 0.25) is 0 Å². The first-order chi connectivity index (χ1) is 9.35. The van der Waals surface area contributed by atoms with E-state index in [2.05, 4.69) is 19.0 Å². The van der Waals surface area contributed by atoms with E-state index in [0.717, 1.165) is 19.4 Å². The van der Waals surface area contributed by atoms with E-state index in [1.54, 1.807) is 18.2 Å². The Morgan fingerprint density at radius 1 is 1.35 bits per heavy atom. The second-order valence-corrected chi connectivity index (χ2v) is 6.23. The van der Waals surface area contributed by atoms with E-state index in [4.69, 9.17) is 11.6 Å². The molecule has 1 aliphatic carbocycles. The van der Waals surface area contributed by atoms with Gasteiger partial charge in [0.1, 0.15) is 0 Å². The molecule has 0 bridgehead atoms. The summed E-state index contributed by atoms with van der Waals surface area (Å²) in [6.07, 6.45) is 3.52. The van der Waals surface area contributed by atoms with Crippen molar-refractivity contribution in [3.05, 3.63) is 28.8 Å². The SMILES string of the molecule is CN(CC1(N(C)C)CCC1)c1cc(Cl)ccc1C(=O)O. The van der Waals surface area contributed by atoms with Crippen LogP contribution in [-0.2, 0) is 0 Å². The van der Waals surface area contributed by atoms with Crippen molar-refractivity contribution in [1.82, 2.24) is 4.90 Å². The minimum Gasteiger partial charge on any atom is -0.478 e. The van der Waals surface area contributed by atoms with Crippen molar-refractivity contribution >= 4 is 23.3 Å². The first kappa shape index (κ1) is 15.1. The van der Waals surface area contributed by atoms with Crippen molar-refractivity contribution in [2.45, 2.75) is 24.8 Å². The maximum absolute atomic E-state index is 11.3. The predicted molar refractivity (Wildman–Crippen MR) is 82.0 cm³/mol. The Balaban J connectivity index is 2.27. The Hall–Kier alpha value is -1.26. The third-order valence-corrected chi connectivity index (χ3v) is 4.60. The number of hydrogen-bond acceptors (Lipinski definition) is 3. The zero-order chi connectivity index (χ0) is 14.9. The smallest absolute Gasteiger partial charge is 0.337 e. The maximum Gasteiger partial charge on any atom is 0.337 e. The lowest BCUT2D eigenvalue weighted by Gasteiger charge is -2.49. The summed E-state index contributed by atoms with van der Waals surface area (Å²) >= 11 is 6.02. The van der Waals surface area contributed by atoms with Crippen LogP contribution in [0, 0.1) is 0 Å². The van der Waals surface area contributed by atoms with Crippen LogP contribution in [0.5, 0.6) is 0 Å². The lowest BCUT2D eigenvalue weighted by atomic mass is 9.75. The molecule has 2 rings (SSSR count). The van der Waals surface area contributed by atoms with E-state index in [9.17, 15) is 9.90 Å². The molecule has 1 fully saturated rings. The molecular formula is C15H21ClN2O2. The number of carboxylic acid groups (broad SMARTS) is 1. The minimum absolute atomic E-state index is 0.146. The molecule has 1 N–H and O–H groups in total. The monoisotopic (exact) mass is 296 g/mol. The summed E-state index contributed by atoms with van der Waals surface area (Å²) < 4.78 is 0. The Bertz CT molecular complexity index is 513. The van der Waals surface area contributed by atoms with Crippen LogP contribution in [-0.4, -0.2) is 49.2 Å². The van der Waals surface area contributed by atoms with Gasteiger partial charge in [0.15, 0.2) is 0 Å². The molecule has 4 nitrogen and oxygen atoms in total. The standard InChI is InChI=1S/C15H21ClN2O2/c1-17(2)15(7-4-8-15)10-18(3)13-9-11(16)5-6-12(13)14(19)20/h5-6,9H,4,7-8,10H2,1-3H3,(H,19,20). The maximum atomic E-state index is 11.3. The topological polar surface area (TPSA) is 43.8 Å². The van der Waals surface area contributed by atoms with Crippen molar-refractivity contribution in [3.8, 4) is 0 Å². The molecular weight excluding hydrogens is 276 g/mol. The second kappa shape index (κ2) is 5.62. The number of aromatic carboxylic acids is 1. The lowest BCUT2D eigenvalue weighted by molar-refractivity contribution is 0.0670. The summed E-state index contributed by atoms with van der Waals surface area (Å²) in [7, 11) is 6.10. The molecule has 0 aliphatic heterocycles. The third kappa shape index (κ3) is 2.76. The van der Waals surface area contributed by atoms with E-state index in [1.165, 1.54) is 6.42 Å². The Kier molecular flexibility index (Phi) is 4.25. The Morgan fingerprint density at radius 2 is 2.00 bits per heavy atom. The molecule has 0 aromatic heterocycles. The highest BCUT2D eigenvalue weighted by molar-refractivity contribution is 6.31. The molecule has 1 aromatic carbocycles. The van der Waals surface area contributed by atoms with Crippen molar-refractivity contribution < 1.29 is 9.90 Å². The van der Waals surface area contributed by atoms with Gasteiger partial charge in [-0.15, -0.1) is 0 Å². The van der Waals surface area contributed by atoms with Crippen molar-refractivity contribution in [2.24, 2.45) is 0 Å².